The van der Waals surface area contributed by atoms with E-state index in [9.17, 15) is 26.8 Å². The van der Waals surface area contributed by atoms with Crippen molar-refractivity contribution in [2.24, 2.45) is 5.92 Å². The number of methoxy groups -OCH3 is 1. The van der Waals surface area contributed by atoms with E-state index in [-0.39, 0.29) is 50.5 Å². The second kappa shape index (κ2) is 16.3. The van der Waals surface area contributed by atoms with Crippen LogP contribution < -0.4 is 23.9 Å². The van der Waals surface area contributed by atoms with Crippen molar-refractivity contribution in [2.45, 2.75) is 50.2 Å². The van der Waals surface area contributed by atoms with Gasteiger partial charge in [0, 0.05) is 24.0 Å². The molecule has 0 unspecified atom stereocenters. The summed E-state index contributed by atoms with van der Waals surface area (Å²) in [6, 6.07) is 8.11. The van der Waals surface area contributed by atoms with Gasteiger partial charge in [0.1, 0.15) is 34.2 Å². The topological polar surface area (TPSA) is 161 Å². The molecule has 0 aliphatic heterocycles. The summed E-state index contributed by atoms with van der Waals surface area (Å²) in [6.45, 7) is -2.20. The first-order valence-electron chi connectivity index (χ1n) is 13.8. The molecule has 11 nitrogen and oxygen atoms in total. The Morgan fingerprint density at radius 3 is 2.33 bits per heavy atom. The number of esters is 1. The number of alkyl halides is 2. The number of rotatable bonds is 16. The average Bonchev–Trinajstić information content (AvgIpc) is 3.81. The predicted octanol–water partition coefficient (Wildman–Crippen LogP) is 4.97. The summed E-state index contributed by atoms with van der Waals surface area (Å²) in [5, 5.41) is 0.487. The van der Waals surface area contributed by atoms with Crippen LogP contribution in [-0.2, 0) is 37.2 Å². The van der Waals surface area contributed by atoms with Crippen LogP contribution in [0.25, 0.3) is 0 Å². The molecule has 250 valence electrons. The molecular formula is C30H32Cl2F2N2O9S. The highest BCUT2D eigenvalue weighted by Crippen LogP contribution is 2.37. The van der Waals surface area contributed by atoms with E-state index in [1.54, 1.807) is 0 Å². The van der Waals surface area contributed by atoms with E-state index in [1.165, 1.54) is 62.8 Å². The Morgan fingerprint density at radius 2 is 1.72 bits per heavy atom. The summed E-state index contributed by atoms with van der Waals surface area (Å²) in [6.07, 6.45) is 3.69. The normalized spacial score (nSPS) is 13.5. The number of hydrogen-bond donors (Lipinski definition) is 1. The number of benzene rings is 2. The molecule has 4 rings (SSSR count). The minimum atomic E-state index is -4.22. The third kappa shape index (κ3) is 10.2. The quantitative estimate of drug-likeness (QED) is 0.203. The number of ether oxygens (including phenoxy) is 4. The van der Waals surface area contributed by atoms with E-state index in [0.29, 0.717) is 35.0 Å². The van der Waals surface area contributed by atoms with Crippen molar-refractivity contribution in [3.63, 3.8) is 0 Å². The number of sulfonamides is 1. The molecule has 1 fully saturated rings. The average molecular weight is 706 g/mol. The first-order valence-corrected chi connectivity index (χ1v) is 16.0. The van der Waals surface area contributed by atoms with Gasteiger partial charge in [0.15, 0.2) is 23.9 Å². The lowest BCUT2D eigenvalue weighted by Gasteiger charge is -2.21. The molecule has 3 N–H and O–H groups in total. The maximum atomic E-state index is 13.1. The Morgan fingerprint density at radius 1 is 1.04 bits per heavy atom. The van der Waals surface area contributed by atoms with Gasteiger partial charge in [0.05, 0.1) is 18.6 Å². The van der Waals surface area contributed by atoms with Gasteiger partial charge in [-0.05, 0) is 61.6 Å². The zero-order chi connectivity index (χ0) is 32.7. The molecule has 0 amide bonds. The fraction of sp³-hybridized carbons (Fsp3) is 0.367. The number of nitrogens with one attached hydrogen (secondary N) is 2. The largest absolute Gasteiger partial charge is 0.870 e. The van der Waals surface area contributed by atoms with Crippen LogP contribution in [0.5, 0.6) is 17.2 Å². The second-order valence-electron chi connectivity index (χ2n) is 10.3. The van der Waals surface area contributed by atoms with Crippen molar-refractivity contribution >= 4 is 45.0 Å². The molecule has 0 radical (unpaired) electrons. The molecule has 1 atom stereocenters. The Kier molecular flexibility index (Phi) is 13.1. The van der Waals surface area contributed by atoms with Gasteiger partial charge in [-0.15, -0.1) is 0 Å². The zero-order valence-corrected chi connectivity index (χ0v) is 27.1. The van der Waals surface area contributed by atoms with Crippen molar-refractivity contribution in [1.82, 2.24) is 4.72 Å². The number of halogens is 4. The molecule has 3 aromatic rings. The van der Waals surface area contributed by atoms with Crippen LogP contribution in [0, 0.1) is 5.92 Å². The number of H-pyrrole nitrogens is 1. The predicted molar refractivity (Wildman–Crippen MR) is 161 cm³/mol. The number of hydrogen-bond acceptors (Lipinski definition) is 9. The number of carbonyl (C=O) groups is 2. The maximum absolute atomic E-state index is 13.1. The fourth-order valence-electron chi connectivity index (χ4n) is 4.37. The van der Waals surface area contributed by atoms with Crippen molar-refractivity contribution in [3.8, 4) is 17.2 Å². The molecule has 1 heterocycles. The molecule has 0 saturated heterocycles. The van der Waals surface area contributed by atoms with Crippen LogP contribution in [0.4, 0.5) is 8.78 Å². The summed E-state index contributed by atoms with van der Waals surface area (Å²) in [5.41, 5.74) is 1.12. The van der Waals surface area contributed by atoms with Crippen molar-refractivity contribution in [2.75, 3.05) is 20.3 Å². The molecule has 0 bridgehead atoms. The third-order valence-electron chi connectivity index (χ3n) is 6.80. The van der Waals surface area contributed by atoms with Crippen LogP contribution in [0.15, 0.2) is 53.7 Å². The lowest BCUT2D eigenvalue weighted by molar-refractivity contribution is -0.377. The van der Waals surface area contributed by atoms with Gasteiger partial charge in [-0.25, -0.2) is 13.4 Å². The molecule has 1 saturated carbocycles. The molecule has 16 heteroatoms. The number of carbonyl (C=O) groups excluding carboxylic acids is 2. The highest BCUT2D eigenvalue weighted by molar-refractivity contribution is 7.89. The number of pyridine rings is 1. The molecule has 1 aliphatic rings. The molecule has 2 aromatic carbocycles. The van der Waals surface area contributed by atoms with Crippen molar-refractivity contribution in [1.29, 1.82) is 0 Å². The van der Waals surface area contributed by atoms with Crippen molar-refractivity contribution in [3.05, 3.63) is 75.5 Å². The smallest absolute Gasteiger partial charge is 0.387 e. The highest BCUT2D eigenvalue weighted by atomic mass is 35.5. The molecule has 1 aliphatic carbocycles. The van der Waals surface area contributed by atoms with E-state index in [0.717, 1.165) is 12.8 Å². The number of Topliss-reactive ketones (excluding diaryl/α,β-unsaturated/α-hetero) is 1. The van der Waals surface area contributed by atoms with Crippen molar-refractivity contribution < 1.29 is 56.2 Å². The molecule has 0 spiro atoms. The SMILES string of the molecule is COc1ccc(S(=O)(=O)NCC(=O)O[C@@H](Cc2c(Cl)c[nH+]cc2Cl)c2ccc(OC(F)F)c(OCC3CC3)c2)cc1CC(C)=O.[OH-]. The Bertz CT molecular complexity index is 1640. The van der Waals surface area contributed by atoms with Crippen LogP contribution in [0.1, 0.15) is 42.6 Å². The van der Waals surface area contributed by atoms with Crippen LogP contribution in [0.3, 0.4) is 0 Å². The van der Waals surface area contributed by atoms with Gasteiger partial charge >= 0.3 is 12.6 Å². The molecular weight excluding hydrogens is 673 g/mol. The van der Waals surface area contributed by atoms with E-state index in [1.807, 2.05) is 0 Å². The van der Waals surface area contributed by atoms with Crippen LogP contribution in [0.2, 0.25) is 10.0 Å². The van der Waals surface area contributed by atoms with Crippen LogP contribution in [-0.4, -0.2) is 52.5 Å². The monoisotopic (exact) mass is 704 g/mol. The van der Waals surface area contributed by atoms with Gasteiger partial charge < -0.3 is 24.4 Å². The Labute approximate surface area is 274 Å². The molecule has 46 heavy (non-hydrogen) atoms. The second-order valence-corrected chi connectivity index (χ2v) is 12.9. The van der Waals surface area contributed by atoms with E-state index in [2.05, 4.69) is 14.4 Å². The van der Waals surface area contributed by atoms with Gasteiger partial charge in [0.25, 0.3) is 0 Å². The summed E-state index contributed by atoms with van der Waals surface area (Å²) in [4.78, 5) is 27.3. The lowest BCUT2D eigenvalue weighted by atomic mass is 10.0. The minimum absolute atomic E-state index is 0. The standard InChI is InChI=1S/C30H30Cl2F2N2O8S.H2O/c1-17(37)9-20-10-21(6-8-25(20)41-2)45(39,40)36-15-29(38)43-27(12-22-23(31)13-35-14-24(22)32)19-5-7-26(44-30(33)34)28(11-19)42-16-18-3-4-18;/h5-8,10-11,13-14,18,27,30,36H,3-4,9,12,15-16H2,1-2H3;1H2/t27-;/m0./s1. The van der Waals surface area contributed by atoms with Gasteiger partial charge in [-0.2, -0.15) is 13.5 Å². The summed E-state index contributed by atoms with van der Waals surface area (Å²) < 4.78 is 75.7. The first-order chi connectivity index (χ1) is 21.4. The van der Waals surface area contributed by atoms with Gasteiger partial charge in [-0.1, -0.05) is 29.3 Å². The Hall–Kier alpha value is -3.56. The first kappa shape index (κ1) is 36.9. The van der Waals surface area contributed by atoms with Gasteiger partial charge in [0.2, 0.25) is 10.0 Å². The number of aromatic amines is 1. The molecule has 1 aromatic heterocycles. The van der Waals surface area contributed by atoms with E-state index >= 15 is 0 Å². The third-order valence-corrected chi connectivity index (χ3v) is 8.87. The fourth-order valence-corrected chi connectivity index (χ4v) is 5.92. The minimum Gasteiger partial charge on any atom is -0.870 e. The van der Waals surface area contributed by atoms with Gasteiger partial charge in [-0.3, -0.25) is 9.59 Å². The lowest BCUT2D eigenvalue weighted by Crippen LogP contribution is -2.31. The highest BCUT2D eigenvalue weighted by Gasteiger charge is 2.27. The Balaban J connectivity index is 0.00000576. The number of aromatic nitrogens is 1. The zero-order valence-electron chi connectivity index (χ0n) is 24.7. The maximum Gasteiger partial charge on any atom is 0.387 e. The van der Waals surface area contributed by atoms with Crippen LogP contribution >= 0.6 is 23.2 Å². The van der Waals surface area contributed by atoms with E-state index < -0.39 is 35.3 Å². The van der Waals surface area contributed by atoms with E-state index in [4.69, 9.17) is 37.4 Å². The summed E-state index contributed by atoms with van der Waals surface area (Å²) >= 11 is 12.7. The summed E-state index contributed by atoms with van der Waals surface area (Å²) in [7, 11) is -2.82. The summed E-state index contributed by atoms with van der Waals surface area (Å²) in [5.74, 6) is -0.673. The number of ketones is 1.